The fourth-order valence-corrected chi connectivity index (χ4v) is 3.80. The standard InChI is InChI=1S/C15H13F3N8.C6H10O.C2H7N/c1-6-21-9-3-2-8(22-14(9)25(6)5-10(17)18)11-7(16)4-26-12(11)13(19)23-15(20)24-26;1-6(5-7)3-2-4-6;1-3-2/h2-4,10H,5H2,1H3,(H4,19,20,23,24);5H,2-4H2,1H3;3H,1-2H3. The van der Waals surface area contributed by atoms with Crippen molar-refractivity contribution < 1.29 is 18.0 Å². The lowest BCUT2D eigenvalue weighted by Gasteiger charge is -2.31. The predicted octanol–water partition coefficient (Wildman–Crippen LogP) is 3.23. The minimum atomic E-state index is -2.57. The van der Waals surface area contributed by atoms with Crippen molar-refractivity contribution >= 4 is 34.7 Å². The number of pyridine rings is 1. The number of nitrogens with two attached hydrogens (primary N) is 2. The van der Waals surface area contributed by atoms with Crippen LogP contribution in [0, 0.1) is 18.2 Å². The molecule has 0 saturated heterocycles. The molecule has 194 valence electrons. The lowest BCUT2D eigenvalue weighted by Crippen LogP contribution is -2.26. The van der Waals surface area contributed by atoms with Gasteiger partial charge >= 0.3 is 0 Å². The molecule has 10 nitrogen and oxygen atoms in total. The summed E-state index contributed by atoms with van der Waals surface area (Å²) in [6, 6.07) is 3.12. The molecule has 1 aliphatic carbocycles. The van der Waals surface area contributed by atoms with Crippen molar-refractivity contribution in [2.75, 3.05) is 25.6 Å². The van der Waals surface area contributed by atoms with Crippen molar-refractivity contribution in [2.24, 2.45) is 5.41 Å². The number of rotatable bonds is 4. The molecular formula is C23H30F3N9O. The van der Waals surface area contributed by atoms with E-state index >= 15 is 0 Å². The molecule has 0 radical (unpaired) electrons. The number of alkyl halides is 2. The number of aromatic nitrogens is 6. The second-order valence-electron chi connectivity index (χ2n) is 8.83. The van der Waals surface area contributed by atoms with E-state index in [4.69, 9.17) is 11.5 Å². The molecule has 0 amide bonds. The summed E-state index contributed by atoms with van der Waals surface area (Å²) in [5.74, 6) is -0.371. The van der Waals surface area contributed by atoms with Crippen molar-refractivity contribution in [3.63, 3.8) is 0 Å². The van der Waals surface area contributed by atoms with Crippen molar-refractivity contribution in [3.8, 4) is 11.3 Å². The molecule has 0 bridgehead atoms. The number of fused-ring (bicyclic) bond motifs is 2. The maximum absolute atomic E-state index is 14.6. The molecule has 0 spiro atoms. The van der Waals surface area contributed by atoms with Gasteiger partial charge < -0.3 is 26.1 Å². The maximum Gasteiger partial charge on any atom is 0.256 e. The van der Waals surface area contributed by atoms with Crippen LogP contribution < -0.4 is 16.8 Å². The summed E-state index contributed by atoms with van der Waals surface area (Å²) in [4.78, 5) is 22.5. The maximum atomic E-state index is 14.6. The Morgan fingerprint density at radius 3 is 2.39 bits per heavy atom. The van der Waals surface area contributed by atoms with Crippen LogP contribution in [0.15, 0.2) is 18.3 Å². The Balaban J connectivity index is 0.000000304. The van der Waals surface area contributed by atoms with Gasteiger partial charge in [0.25, 0.3) is 6.43 Å². The quantitative estimate of drug-likeness (QED) is 0.359. The summed E-state index contributed by atoms with van der Waals surface area (Å²) >= 11 is 0. The summed E-state index contributed by atoms with van der Waals surface area (Å²) in [5, 5.41) is 6.64. The van der Waals surface area contributed by atoms with Crippen LogP contribution >= 0.6 is 0 Å². The lowest BCUT2D eigenvalue weighted by molar-refractivity contribution is -0.119. The molecule has 0 unspecified atom stereocenters. The second-order valence-corrected chi connectivity index (χ2v) is 8.83. The normalized spacial score (nSPS) is 14.1. The number of hydrogen-bond acceptors (Lipinski definition) is 8. The van der Waals surface area contributed by atoms with Gasteiger partial charge in [0.1, 0.15) is 23.1 Å². The van der Waals surface area contributed by atoms with Gasteiger partial charge in [0, 0.05) is 5.41 Å². The van der Waals surface area contributed by atoms with Crippen molar-refractivity contribution in [1.82, 2.24) is 34.4 Å². The van der Waals surface area contributed by atoms with E-state index in [2.05, 4.69) is 25.4 Å². The second kappa shape index (κ2) is 10.9. The molecule has 5 rings (SSSR count). The molecule has 1 aliphatic rings. The van der Waals surface area contributed by atoms with Crippen LogP contribution in [0.2, 0.25) is 0 Å². The van der Waals surface area contributed by atoms with E-state index in [9.17, 15) is 18.0 Å². The van der Waals surface area contributed by atoms with E-state index in [-0.39, 0.29) is 39.6 Å². The molecule has 4 aromatic rings. The van der Waals surface area contributed by atoms with Crippen LogP contribution in [-0.2, 0) is 11.3 Å². The summed E-state index contributed by atoms with van der Waals surface area (Å²) in [6.45, 7) is 3.07. The van der Waals surface area contributed by atoms with Crippen molar-refractivity contribution in [3.05, 3.63) is 30.0 Å². The summed E-state index contributed by atoms with van der Waals surface area (Å²) in [7, 11) is 3.75. The summed E-state index contributed by atoms with van der Waals surface area (Å²) in [5.41, 5.74) is 12.6. The van der Waals surface area contributed by atoms with Crippen LogP contribution in [0.25, 0.3) is 27.9 Å². The Morgan fingerprint density at radius 2 is 1.86 bits per heavy atom. The molecular weight excluding hydrogens is 475 g/mol. The smallest absolute Gasteiger partial charge is 0.256 e. The van der Waals surface area contributed by atoms with Gasteiger partial charge in [0.05, 0.1) is 24.0 Å². The highest BCUT2D eigenvalue weighted by molar-refractivity contribution is 5.88. The largest absolute Gasteiger partial charge is 0.382 e. The molecule has 0 atom stereocenters. The summed E-state index contributed by atoms with van der Waals surface area (Å²) < 4.78 is 42.7. The number of aldehydes is 1. The van der Waals surface area contributed by atoms with Gasteiger partial charge in [-0.05, 0) is 46.0 Å². The van der Waals surface area contributed by atoms with Gasteiger partial charge in [-0.1, -0.05) is 13.3 Å². The predicted molar refractivity (Wildman–Crippen MR) is 132 cm³/mol. The number of nitrogen functional groups attached to an aromatic ring is 2. The summed E-state index contributed by atoms with van der Waals surface area (Å²) in [6.07, 6.45) is 3.07. The van der Waals surface area contributed by atoms with Crippen LogP contribution in [0.4, 0.5) is 24.9 Å². The third-order valence-electron chi connectivity index (χ3n) is 5.77. The molecule has 1 saturated carbocycles. The SMILES string of the molecule is CC1(C=O)CCC1.CNC.Cc1nc2ccc(-c3c(F)cn4nc(N)nc(N)c34)nc2n1CC(F)F. The Morgan fingerprint density at radius 1 is 1.19 bits per heavy atom. The van der Waals surface area contributed by atoms with E-state index in [0.29, 0.717) is 11.3 Å². The van der Waals surface area contributed by atoms with Crippen LogP contribution in [0.5, 0.6) is 0 Å². The zero-order chi connectivity index (χ0) is 26.6. The van der Waals surface area contributed by atoms with E-state index in [1.54, 1.807) is 13.0 Å². The third kappa shape index (κ3) is 5.56. The third-order valence-corrected chi connectivity index (χ3v) is 5.77. The first kappa shape index (κ1) is 26.9. The first-order valence-corrected chi connectivity index (χ1v) is 11.3. The fourth-order valence-electron chi connectivity index (χ4n) is 3.80. The highest BCUT2D eigenvalue weighted by Gasteiger charge is 2.30. The van der Waals surface area contributed by atoms with Crippen LogP contribution in [0.3, 0.4) is 0 Å². The Labute approximate surface area is 205 Å². The minimum Gasteiger partial charge on any atom is -0.382 e. The highest BCUT2D eigenvalue weighted by Crippen LogP contribution is 2.37. The number of nitrogens with zero attached hydrogens (tertiary/aromatic N) is 6. The van der Waals surface area contributed by atoms with E-state index in [1.807, 2.05) is 21.0 Å². The number of aryl methyl sites for hydroxylation is 1. The number of hydrogen-bond donors (Lipinski definition) is 3. The number of nitrogens with one attached hydrogen (secondary N) is 1. The van der Waals surface area contributed by atoms with E-state index in [0.717, 1.165) is 25.3 Å². The van der Waals surface area contributed by atoms with E-state index < -0.39 is 18.8 Å². The van der Waals surface area contributed by atoms with Crippen molar-refractivity contribution in [1.29, 1.82) is 0 Å². The zero-order valence-electron chi connectivity index (χ0n) is 20.6. The zero-order valence-corrected chi connectivity index (χ0v) is 20.6. The molecule has 1 fully saturated rings. The molecule has 13 heteroatoms. The highest BCUT2D eigenvalue weighted by atomic mass is 19.3. The molecule has 4 heterocycles. The molecule has 0 aliphatic heterocycles. The Hall–Kier alpha value is -3.74. The fraction of sp³-hybridized carbons (Fsp3) is 0.435. The van der Waals surface area contributed by atoms with Crippen LogP contribution in [-0.4, -0.2) is 55.9 Å². The number of halogens is 3. The molecule has 4 aromatic heterocycles. The van der Waals surface area contributed by atoms with Gasteiger partial charge in [0.2, 0.25) is 5.95 Å². The lowest BCUT2D eigenvalue weighted by atomic mass is 9.72. The Kier molecular flexibility index (Phi) is 8.13. The van der Waals surface area contributed by atoms with Crippen LogP contribution in [0.1, 0.15) is 32.0 Å². The number of imidazole rings is 1. The van der Waals surface area contributed by atoms with Crippen molar-refractivity contribution in [2.45, 2.75) is 46.1 Å². The average Bonchev–Trinajstić information content (AvgIpc) is 3.28. The average molecular weight is 506 g/mol. The first-order chi connectivity index (χ1) is 17.0. The number of carbonyl (C=O) groups excluding carboxylic acids is 1. The van der Waals surface area contributed by atoms with Gasteiger partial charge in [-0.15, -0.1) is 5.10 Å². The van der Waals surface area contributed by atoms with Gasteiger partial charge in [-0.25, -0.2) is 27.7 Å². The monoisotopic (exact) mass is 505 g/mol. The molecule has 5 N–H and O–H groups in total. The van der Waals surface area contributed by atoms with E-state index in [1.165, 1.54) is 21.6 Å². The Bertz CT molecular complexity index is 1360. The first-order valence-electron chi connectivity index (χ1n) is 11.3. The number of carbonyl (C=O) groups is 1. The minimum absolute atomic E-state index is 0.0180. The molecule has 0 aromatic carbocycles. The van der Waals surface area contributed by atoms with Gasteiger partial charge in [-0.2, -0.15) is 4.98 Å². The van der Waals surface area contributed by atoms with Gasteiger partial charge in [-0.3, -0.25) is 0 Å². The number of anilines is 2. The molecule has 36 heavy (non-hydrogen) atoms. The van der Waals surface area contributed by atoms with Gasteiger partial charge in [0.15, 0.2) is 17.3 Å². The topological polar surface area (TPSA) is 142 Å².